The molecule has 0 bridgehead atoms. The van der Waals surface area contributed by atoms with Crippen LogP contribution in [0.2, 0.25) is 0 Å². The van der Waals surface area contributed by atoms with Crippen LogP contribution in [0, 0.1) is 0 Å². The predicted molar refractivity (Wildman–Crippen MR) is 106 cm³/mol. The topological polar surface area (TPSA) is 101 Å². The Bertz CT molecular complexity index is 1030. The highest BCUT2D eigenvalue weighted by atomic mass is 16.5. The standard InChI is InChI=1S/C21H21N3O4/c1-14(20(26)22-15-8-3-2-4-9-15)28-19(25)13-7-12-18-23-17-11-6-5-10-16(17)21(27)24-18/h2-6,8-11,14H,7,12-13H2,1H3,(H,22,26)(H,23,24,27)/t14-/m1/s1. The van der Waals surface area contributed by atoms with Crippen molar-refractivity contribution >= 4 is 28.5 Å². The van der Waals surface area contributed by atoms with Crippen molar-refractivity contribution in [2.45, 2.75) is 32.3 Å². The second-order valence-electron chi connectivity index (χ2n) is 6.37. The average Bonchev–Trinajstić information content (AvgIpc) is 2.69. The largest absolute Gasteiger partial charge is 0.453 e. The van der Waals surface area contributed by atoms with Gasteiger partial charge in [0.1, 0.15) is 5.82 Å². The van der Waals surface area contributed by atoms with E-state index in [2.05, 4.69) is 15.3 Å². The summed E-state index contributed by atoms with van der Waals surface area (Å²) in [5.41, 5.74) is 1.06. The van der Waals surface area contributed by atoms with Gasteiger partial charge in [-0.3, -0.25) is 14.4 Å². The summed E-state index contributed by atoms with van der Waals surface area (Å²) in [7, 11) is 0. The van der Waals surface area contributed by atoms with Gasteiger partial charge in [0.05, 0.1) is 10.9 Å². The number of hydrogen-bond acceptors (Lipinski definition) is 5. The van der Waals surface area contributed by atoms with Gasteiger partial charge in [-0.1, -0.05) is 30.3 Å². The number of aromatic nitrogens is 2. The molecule has 0 spiro atoms. The van der Waals surface area contributed by atoms with E-state index in [1.54, 1.807) is 42.5 Å². The molecule has 0 aliphatic carbocycles. The number of benzene rings is 2. The fourth-order valence-corrected chi connectivity index (χ4v) is 2.73. The van der Waals surface area contributed by atoms with Crippen molar-refractivity contribution in [3.05, 3.63) is 70.8 Å². The second kappa shape index (κ2) is 8.94. The highest BCUT2D eigenvalue weighted by molar-refractivity contribution is 5.95. The van der Waals surface area contributed by atoms with Crippen LogP contribution in [0.5, 0.6) is 0 Å². The molecule has 0 radical (unpaired) electrons. The number of para-hydroxylation sites is 2. The normalized spacial score (nSPS) is 11.8. The molecule has 0 saturated heterocycles. The van der Waals surface area contributed by atoms with Crippen LogP contribution in [-0.2, 0) is 20.7 Å². The zero-order valence-corrected chi connectivity index (χ0v) is 15.5. The van der Waals surface area contributed by atoms with Crippen LogP contribution in [0.4, 0.5) is 5.69 Å². The van der Waals surface area contributed by atoms with Crippen LogP contribution in [0.15, 0.2) is 59.4 Å². The fourth-order valence-electron chi connectivity index (χ4n) is 2.73. The molecular formula is C21H21N3O4. The Morgan fingerprint density at radius 1 is 1.11 bits per heavy atom. The van der Waals surface area contributed by atoms with Gasteiger partial charge in [-0.15, -0.1) is 0 Å². The minimum absolute atomic E-state index is 0.124. The summed E-state index contributed by atoms with van der Waals surface area (Å²) in [4.78, 5) is 43.2. The van der Waals surface area contributed by atoms with Gasteiger partial charge >= 0.3 is 5.97 Å². The first-order valence-electron chi connectivity index (χ1n) is 9.06. The number of fused-ring (bicyclic) bond motifs is 1. The Hall–Kier alpha value is -3.48. The first-order valence-corrected chi connectivity index (χ1v) is 9.06. The zero-order chi connectivity index (χ0) is 19.9. The van der Waals surface area contributed by atoms with Crippen molar-refractivity contribution in [1.82, 2.24) is 9.97 Å². The van der Waals surface area contributed by atoms with Gasteiger partial charge in [-0.25, -0.2) is 4.98 Å². The van der Waals surface area contributed by atoms with E-state index in [9.17, 15) is 14.4 Å². The molecule has 7 nitrogen and oxygen atoms in total. The maximum absolute atomic E-state index is 12.1. The molecule has 1 aromatic heterocycles. The maximum Gasteiger partial charge on any atom is 0.306 e. The monoisotopic (exact) mass is 379 g/mol. The first-order chi connectivity index (χ1) is 13.5. The van der Waals surface area contributed by atoms with E-state index in [0.717, 1.165) is 0 Å². The fraction of sp³-hybridized carbons (Fsp3) is 0.238. The number of anilines is 1. The van der Waals surface area contributed by atoms with Crippen LogP contribution in [-0.4, -0.2) is 27.9 Å². The third-order valence-electron chi connectivity index (χ3n) is 4.18. The second-order valence-corrected chi connectivity index (χ2v) is 6.37. The predicted octanol–water partition coefficient (Wildman–Crippen LogP) is 2.82. The van der Waals surface area contributed by atoms with E-state index in [0.29, 0.717) is 35.3 Å². The van der Waals surface area contributed by atoms with E-state index >= 15 is 0 Å². The van der Waals surface area contributed by atoms with Crippen molar-refractivity contribution in [1.29, 1.82) is 0 Å². The number of hydrogen-bond donors (Lipinski definition) is 2. The number of nitrogens with zero attached hydrogens (tertiary/aromatic N) is 1. The van der Waals surface area contributed by atoms with E-state index in [4.69, 9.17) is 4.74 Å². The molecule has 0 aliphatic heterocycles. The third-order valence-corrected chi connectivity index (χ3v) is 4.18. The molecular weight excluding hydrogens is 358 g/mol. The highest BCUT2D eigenvalue weighted by Gasteiger charge is 2.17. The molecule has 2 N–H and O–H groups in total. The number of H-pyrrole nitrogens is 1. The SMILES string of the molecule is C[C@@H](OC(=O)CCCc1nc2ccccc2c(=O)[nH]1)C(=O)Nc1ccccc1. The van der Waals surface area contributed by atoms with Crippen molar-refractivity contribution in [3.63, 3.8) is 0 Å². The molecule has 28 heavy (non-hydrogen) atoms. The highest BCUT2D eigenvalue weighted by Crippen LogP contribution is 2.09. The van der Waals surface area contributed by atoms with Gasteiger partial charge < -0.3 is 15.0 Å². The molecule has 1 atom stereocenters. The lowest BCUT2D eigenvalue weighted by Gasteiger charge is -2.13. The van der Waals surface area contributed by atoms with Crippen molar-refractivity contribution in [2.24, 2.45) is 0 Å². The summed E-state index contributed by atoms with van der Waals surface area (Å²) >= 11 is 0. The number of rotatable bonds is 7. The van der Waals surface area contributed by atoms with Gasteiger partial charge in [0.2, 0.25) is 0 Å². The number of amides is 1. The number of ether oxygens (including phenoxy) is 1. The molecule has 144 valence electrons. The minimum Gasteiger partial charge on any atom is -0.453 e. The lowest BCUT2D eigenvalue weighted by atomic mass is 10.2. The molecule has 7 heteroatoms. The van der Waals surface area contributed by atoms with Crippen LogP contribution >= 0.6 is 0 Å². The summed E-state index contributed by atoms with van der Waals surface area (Å²) in [6.45, 7) is 1.53. The Balaban J connectivity index is 1.48. The number of nitrogens with one attached hydrogen (secondary N) is 2. The molecule has 1 heterocycles. The number of carbonyl (C=O) groups excluding carboxylic acids is 2. The van der Waals surface area contributed by atoms with Crippen LogP contribution in [0.25, 0.3) is 10.9 Å². The lowest BCUT2D eigenvalue weighted by molar-refractivity contribution is -0.153. The smallest absolute Gasteiger partial charge is 0.306 e. The van der Waals surface area contributed by atoms with Crippen LogP contribution in [0.1, 0.15) is 25.6 Å². The van der Waals surface area contributed by atoms with Gasteiger partial charge in [-0.2, -0.15) is 0 Å². The third kappa shape index (κ3) is 5.03. The van der Waals surface area contributed by atoms with E-state index in [1.807, 2.05) is 12.1 Å². The molecule has 2 aromatic carbocycles. The number of esters is 1. The average molecular weight is 379 g/mol. The number of carbonyl (C=O) groups is 2. The van der Waals surface area contributed by atoms with Crippen molar-refractivity contribution in [2.75, 3.05) is 5.32 Å². The zero-order valence-electron chi connectivity index (χ0n) is 15.5. The Morgan fingerprint density at radius 2 is 1.82 bits per heavy atom. The van der Waals surface area contributed by atoms with Crippen molar-refractivity contribution in [3.8, 4) is 0 Å². The molecule has 0 saturated carbocycles. The van der Waals surface area contributed by atoms with Gasteiger partial charge in [0.25, 0.3) is 11.5 Å². The van der Waals surface area contributed by atoms with Crippen LogP contribution < -0.4 is 10.9 Å². The summed E-state index contributed by atoms with van der Waals surface area (Å²) in [5.74, 6) is -0.342. The molecule has 1 amide bonds. The summed E-state index contributed by atoms with van der Waals surface area (Å²) in [5, 5.41) is 3.22. The summed E-state index contributed by atoms with van der Waals surface area (Å²) in [6, 6.07) is 16.0. The van der Waals surface area contributed by atoms with Gasteiger partial charge in [0.15, 0.2) is 6.10 Å². The molecule has 0 aliphatic rings. The van der Waals surface area contributed by atoms with E-state index < -0.39 is 12.1 Å². The van der Waals surface area contributed by atoms with Gasteiger partial charge in [-0.05, 0) is 37.6 Å². The van der Waals surface area contributed by atoms with E-state index in [-0.39, 0.29) is 17.9 Å². The molecule has 0 unspecified atom stereocenters. The quantitative estimate of drug-likeness (QED) is 0.615. The van der Waals surface area contributed by atoms with E-state index in [1.165, 1.54) is 6.92 Å². The molecule has 3 aromatic rings. The Morgan fingerprint density at radius 3 is 2.61 bits per heavy atom. The number of aryl methyl sites for hydroxylation is 1. The molecule has 3 rings (SSSR count). The maximum atomic E-state index is 12.1. The lowest BCUT2D eigenvalue weighted by Crippen LogP contribution is -2.29. The Labute approximate surface area is 161 Å². The number of aromatic amines is 1. The molecule has 0 fully saturated rings. The summed E-state index contributed by atoms with van der Waals surface area (Å²) < 4.78 is 5.17. The van der Waals surface area contributed by atoms with Crippen molar-refractivity contribution < 1.29 is 14.3 Å². The van der Waals surface area contributed by atoms with Gasteiger partial charge in [0, 0.05) is 18.5 Å². The minimum atomic E-state index is -0.897. The Kier molecular flexibility index (Phi) is 6.16. The first kappa shape index (κ1) is 19.3. The summed E-state index contributed by atoms with van der Waals surface area (Å²) in [6.07, 6.45) is 0.109. The van der Waals surface area contributed by atoms with Crippen LogP contribution in [0.3, 0.4) is 0 Å².